The number of ether oxygens (including phenoxy) is 2. The molecule has 0 spiro atoms. The molecule has 0 unspecified atom stereocenters. The smallest absolute Gasteiger partial charge is 0.271 e. The monoisotopic (exact) mass is 395 g/mol. The summed E-state index contributed by atoms with van der Waals surface area (Å²) < 4.78 is 26.4. The Bertz CT molecular complexity index is 1070. The Labute approximate surface area is 168 Å². The zero-order valence-corrected chi connectivity index (χ0v) is 16.7. The number of hydrazone groups is 1. The van der Waals surface area contributed by atoms with Gasteiger partial charge in [0.15, 0.2) is 11.5 Å². The van der Waals surface area contributed by atoms with E-state index in [1.54, 1.807) is 42.6 Å². The van der Waals surface area contributed by atoms with Crippen LogP contribution >= 0.6 is 0 Å². The van der Waals surface area contributed by atoms with E-state index in [9.17, 15) is 9.18 Å². The van der Waals surface area contributed by atoms with E-state index in [1.165, 1.54) is 20.3 Å². The highest BCUT2D eigenvalue weighted by Crippen LogP contribution is 2.27. The first-order valence-corrected chi connectivity index (χ1v) is 8.95. The lowest BCUT2D eigenvalue weighted by molar-refractivity contribution is 0.0954. The van der Waals surface area contributed by atoms with E-state index in [-0.39, 0.29) is 11.7 Å². The summed E-state index contributed by atoms with van der Waals surface area (Å²) in [6.45, 7) is 3.76. The van der Waals surface area contributed by atoms with E-state index in [1.807, 2.05) is 24.5 Å². The minimum Gasteiger partial charge on any atom is -0.493 e. The number of hydrogen-bond acceptors (Lipinski definition) is 4. The first-order valence-electron chi connectivity index (χ1n) is 8.95. The van der Waals surface area contributed by atoms with Crippen LogP contribution in [-0.2, 0) is 0 Å². The van der Waals surface area contributed by atoms with Gasteiger partial charge in [-0.05, 0) is 50.2 Å². The van der Waals surface area contributed by atoms with Crippen molar-refractivity contribution in [3.05, 3.63) is 76.9 Å². The summed E-state index contributed by atoms with van der Waals surface area (Å²) in [6.07, 6.45) is 1.54. The zero-order chi connectivity index (χ0) is 21.0. The summed E-state index contributed by atoms with van der Waals surface area (Å²) in [4.78, 5) is 12.3. The van der Waals surface area contributed by atoms with Gasteiger partial charge in [-0.3, -0.25) is 4.79 Å². The van der Waals surface area contributed by atoms with Crippen molar-refractivity contribution in [2.75, 3.05) is 14.2 Å². The molecule has 0 aliphatic heterocycles. The van der Waals surface area contributed by atoms with E-state index in [4.69, 9.17) is 9.47 Å². The van der Waals surface area contributed by atoms with Gasteiger partial charge in [0.1, 0.15) is 5.82 Å². The number of aryl methyl sites for hydroxylation is 1. The fourth-order valence-corrected chi connectivity index (χ4v) is 3.12. The van der Waals surface area contributed by atoms with Gasteiger partial charge in [-0.2, -0.15) is 5.10 Å². The Balaban J connectivity index is 1.78. The molecule has 0 saturated heterocycles. The normalized spacial score (nSPS) is 10.9. The van der Waals surface area contributed by atoms with E-state index in [0.29, 0.717) is 22.7 Å². The number of benzene rings is 2. The minimum absolute atomic E-state index is 0.306. The second-order valence-corrected chi connectivity index (χ2v) is 6.38. The Morgan fingerprint density at radius 3 is 2.48 bits per heavy atom. The quantitative estimate of drug-likeness (QED) is 0.507. The Morgan fingerprint density at radius 1 is 1.07 bits per heavy atom. The molecule has 0 fully saturated rings. The van der Waals surface area contributed by atoms with Crippen LogP contribution < -0.4 is 14.9 Å². The molecule has 1 amide bonds. The summed E-state index contributed by atoms with van der Waals surface area (Å²) in [6, 6.07) is 13.3. The van der Waals surface area contributed by atoms with Crippen molar-refractivity contribution in [1.82, 2.24) is 9.99 Å². The molecule has 0 atom stereocenters. The van der Waals surface area contributed by atoms with Crippen molar-refractivity contribution in [3.63, 3.8) is 0 Å². The second kappa shape index (κ2) is 8.60. The number of halogens is 1. The molecule has 150 valence electrons. The van der Waals surface area contributed by atoms with Crippen LogP contribution in [0.5, 0.6) is 11.5 Å². The van der Waals surface area contributed by atoms with Crippen LogP contribution in [0.25, 0.3) is 5.69 Å². The molecular formula is C22H22FN3O3. The van der Waals surface area contributed by atoms with Crippen LogP contribution in [0.2, 0.25) is 0 Å². The number of carbonyl (C=O) groups is 1. The molecule has 1 N–H and O–H groups in total. The van der Waals surface area contributed by atoms with Crippen molar-refractivity contribution in [3.8, 4) is 17.2 Å². The van der Waals surface area contributed by atoms with Crippen molar-refractivity contribution < 1.29 is 18.7 Å². The van der Waals surface area contributed by atoms with E-state index in [0.717, 1.165) is 17.0 Å². The van der Waals surface area contributed by atoms with Gasteiger partial charge >= 0.3 is 0 Å². The van der Waals surface area contributed by atoms with Gasteiger partial charge in [0, 0.05) is 22.5 Å². The van der Waals surface area contributed by atoms with Crippen LogP contribution in [0.15, 0.2) is 53.6 Å². The first-order chi connectivity index (χ1) is 14.0. The van der Waals surface area contributed by atoms with Gasteiger partial charge in [0.2, 0.25) is 0 Å². The minimum atomic E-state index is -0.384. The maximum Gasteiger partial charge on any atom is 0.271 e. The number of nitrogens with zero attached hydrogens (tertiary/aromatic N) is 2. The molecule has 1 heterocycles. The third kappa shape index (κ3) is 4.13. The summed E-state index contributed by atoms with van der Waals surface area (Å²) in [5.74, 6) is 0.301. The summed E-state index contributed by atoms with van der Waals surface area (Å²) in [7, 11) is 3.03. The predicted octanol–water partition coefficient (Wildman–Crippen LogP) is 4.01. The number of para-hydroxylation sites is 1. The molecule has 0 radical (unpaired) electrons. The fourth-order valence-electron chi connectivity index (χ4n) is 3.12. The molecule has 6 nitrogen and oxygen atoms in total. The SMILES string of the molecule is COc1ccc(C(=O)N/N=C\c2cc(C)n(-c3ccccc3F)c2C)cc1OC. The molecule has 0 saturated carbocycles. The third-order valence-electron chi connectivity index (χ3n) is 4.58. The van der Waals surface area contributed by atoms with Gasteiger partial charge < -0.3 is 14.0 Å². The largest absolute Gasteiger partial charge is 0.493 e. The highest BCUT2D eigenvalue weighted by Gasteiger charge is 2.13. The van der Waals surface area contributed by atoms with Crippen LogP contribution in [0.3, 0.4) is 0 Å². The van der Waals surface area contributed by atoms with Crippen molar-refractivity contribution in [1.29, 1.82) is 0 Å². The van der Waals surface area contributed by atoms with E-state index < -0.39 is 0 Å². The molecule has 1 aromatic heterocycles. The van der Waals surface area contributed by atoms with Crippen LogP contribution in [0.1, 0.15) is 27.3 Å². The third-order valence-corrected chi connectivity index (χ3v) is 4.58. The lowest BCUT2D eigenvalue weighted by atomic mass is 10.2. The Kier molecular flexibility index (Phi) is 5.97. The molecule has 3 aromatic rings. The number of carbonyl (C=O) groups excluding carboxylic acids is 1. The average Bonchev–Trinajstić information content (AvgIpc) is 3.01. The van der Waals surface area contributed by atoms with E-state index in [2.05, 4.69) is 10.5 Å². The van der Waals surface area contributed by atoms with Gasteiger partial charge in [-0.25, -0.2) is 9.82 Å². The molecule has 3 rings (SSSR count). The number of nitrogens with one attached hydrogen (secondary N) is 1. The summed E-state index contributed by atoms with van der Waals surface area (Å²) in [5, 5.41) is 4.04. The van der Waals surface area contributed by atoms with Crippen LogP contribution in [-0.4, -0.2) is 30.9 Å². The molecule has 0 bridgehead atoms. The summed E-state index contributed by atoms with van der Waals surface area (Å²) >= 11 is 0. The standard InChI is InChI=1S/C22H22FN3O3/c1-14-11-17(15(2)26(14)19-8-6-5-7-18(19)23)13-24-25-22(27)16-9-10-20(28-3)21(12-16)29-4/h5-13H,1-4H3,(H,25,27)/b24-13-. The first kappa shape index (κ1) is 20.1. The Morgan fingerprint density at radius 2 is 1.79 bits per heavy atom. The van der Waals surface area contributed by atoms with Gasteiger partial charge in [0.05, 0.1) is 26.1 Å². The topological polar surface area (TPSA) is 64.8 Å². The number of amides is 1. The van der Waals surface area contributed by atoms with Gasteiger partial charge in [-0.15, -0.1) is 0 Å². The van der Waals surface area contributed by atoms with Crippen molar-refractivity contribution in [2.45, 2.75) is 13.8 Å². The molecule has 0 aliphatic carbocycles. The van der Waals surface area contributed by atoms with Gasteiger partial charge in [-0.1, -0.05) is 12.1 Å². The highest BCUT2D eigenvalue weighted by molar-refractivity contribution is 5.95. The number of rotatable bonds is 6. The molecular weight excluding hydrogens is 373 g/mol. The lowest BCUT2D eigenvalue weighted by Crippen LogP contribution is -2.17. The number of hydrogen-bond donors (Lipinski definition) is 1. The maximum atomic E-state index is 14.2. The molecule has 0 aliphatic rings. The number of aromatic nitrogens is 1. The van der Waals surface area contributed by atoms with Crippen LogP contribution in [0, 0.1) is 19.7 Å². The number of methoxy groups -OCH3 is 2. The second-order valence-electron chi connectivity index (χ2n) is 6.38. The fraction of sp³-hybridized carbons (Fsp3) is 0.182. The molecule has 29 heavy (non-hydrogen) atoms. The van der Waals surface area contributed by atoms with Crippen molar-refractivity contribution >= 4 is 12.1 Å². The lowest BCUT2D eigenvalue weighted by Gasteiger charge is -2.10. The van der Waals surface area contributed by atoms with Gasteiger partial charge in [0.25, 0.3) is 5.91 Å². The molecule has 7 heteroatoms. The zero-order valence-electron chi connectivity index (χ0n) is 16.7. The Hall–Kier alpha value is -3.61. The van der Waals surface area contributed by atoms with E-state index >= 15 is 0 Å². The predicted molar refractivity (Wildman–Crippen MR) is 110 cm³/mol. The highest BCUT2D eigenvalue weighted by atomic mass is 19.1. The maximum absolute atomic E-state index is 14.2. The molecule has 2 aromatic carbocycles. The summed E-state index contributed by atoms with van der Waals surface area (Å²) in [5.41, 5.74) is 5.80. The van der Waals surface area contributed by atoms with Crippen molar-refractivity contribution in [2.24, 2.45) is 5.10 Å². The average molecular weight is 395 g/mol. The van der Waals surface area contributed by atoms with Crippen LogP contribution in [0.4, 0.5) is 4.39 Å².